The molecule has 1 aromatic heterocycles. The summed E-state index contributed by atoms with van der Waals surface area (Å²) in [5.74, 6) is 2.41. The third kappa shape index (κ3) is 7.37. The van der Waals surface area contributed by atoms with Gasteiger partial charge in [0.15, 0.2) is 0 Å². The number of rotatable bonds is 12. The standard InChI is InChI=1S/C32H33BrClN5O3S/c1-4-6-17-43-32-37-31-35-20(3)28(30(40)36-25-9-7-8-10-27(25)41-5-2)29(39(31)38-32)24-18-22(33)13-16-26(24)42-19-21-11-14-23(34)15-12-21/h7-16,18,29H,4-6,17,19H2,1-3H3,(H,36,40)(H,35,37,38). The van der Waals surface area contributed by atoms with Crippen LogP contribution < -0.4 is 20.1 Å². The summed E-state index contributed by atoms with van der Waals surface area (Å²) in [5, 5.41) is 12.6. The largest absolute Gasteiger partial charge is 0.492 e. The Bertz CT molecular complexity index is 1630. The minimum Gasteiger partial charge on any atom is -0.492 e. The van der Waals surface area contributed by atoms with Gasteiger partial charge in [-0.1, -0.05) is 76.9 Å². The first kappa shape index (κ1) is 31.0. The molecule has 1 atom stereocenters. The fourth-order valence-electron chi connectivity index (χ4n) is 4.73. The monoisotopic (exact) mass is 681 g/mol. The number of para-hydroxylation sites is 2. The van der Waals surface area contributed by atoms with E-state index in [1.54, 1.807) is 16.4 Å². The zero-order valence-corrected chi connectivity index (χ0v) is 27.4. The third-order valence-corrected chi connectivity index (χ3v) is 8.49. The van der Waals surface area contributed by atoms with Crippen molar-refractivity contribution in [3.63, 3.8) is 0 Å². The number of ether oxygens (including phenoxy) is 2. The first-order valence-electron chi connectivity index (χ1n) is 14.1. The highest BCUT2D eigenvalue weighted by molar-refractivity contribution is 9.10. The molecule has 0 spiro atoms. The van der Waals surface area contributed by atoms with Crippen LogP contribution in [0.4, 0.5) is 11.6 Å². The predicted molar refractivity (Wildman–Crippen MR) is 176 cm³/mol. The highest BCUT2D eigenvalue weighted by Gasteiger charge is 2.36. The van der Waals surface area contributed by atoms with E-state index in [0.29, 0.717) is 57.8 Å². The number of unbranched alkanes of at least 4 members (excludes halogenated alkanes) is 1. The zero-order valence-electron chi connectivity index (χ0n) is 24.2. The Kier molecular flexibility index (Phi) is 10.3. The lowest BCUT2D eigenvalue weighted by Gasteiger charge is -2.30. The van der Waals surface area contributed by atoms with Crippen molar-refractivity contribution in [3.05, 3.63) is 98.6 Å². The molecular formula is C32H33BrClN5O3S. The summed E-state index contributed by atoms with van der Waals surface area (Å²) < 4.78 is 14.8. The fourth-order valence-corrected chi connectivity index (χ4v) is 6.15. The van der Waals surface area contributed by atoms with E-state index in [2.05, 4.69) is 33.5 Å². The molecule has 0 radical (unpaired) electrons. The van der Waals surface area contributed by atoms with Gasteiger partial charge in [-0.3, -0.25) is 4.79 Å². The van der Waals surface area contributed by atoms with E-state index in [0.717, 1.165) is 34.2 Å². The van der Waals surface area contributed by atoms with Gasteiger partial charge in [0.1, 0.15) is 24.1 Å². The molecule has 11 heteroatoms. The summed E-state index contributed by atoms with van der Waals surface area (Å²) in [6.07, 6.45) is 2.14. The quantitative estimate of drug-likeness (QED) is 0.114. The maximum absolute atomic E-state index is 14.2. The van der Waals surface area contributed by atoms with Crippen LogP contribution in [-0.4, -0.2) is 33.0 Å². The number of thioether (sulfide) groups is 1. The topological polar surface area (TPSA) is 90.3 Å². The van der Waals surface area contributed by atoms with E-state index in [4.69, 9.17) is 31.2 Å². The lowest BCUT2D eigenvalue weighted by Crippen LogP contribution is -2.32. The number of carbonyl (C=O) groups excluding carboxylic acids is 1. The number of carbonyl (C=O) groups is 1. The number of allylic oxidation sites excluding steroid dienone is 1. The molecule has 0 saturated carbocycles. The van der Waals surface area contributed by atoms with Crippen molar-refractivity contribution in [1.29, 1.82) is 0 Å². The Morgan fingerprint density at radius 3 is 2.65 bits per heavy atom. The second kappa shape index (κ2) is 14.3. The van der Waals surface area contributed by atoms with Gasteiger partial charge >= 0.3 is 0 Å². The summed E-state index contributed by atoms with van der Waals surface area (Å²) in [4.78, 5) is 18.9. The van der Waals surface area contributed by atoms with Crippen molar-refractivity contribution < 1.29 is 14.3 Å². The molecule has 1 amide bonds. The SMILES string of the molecule is CCCCSc1nc2n(n1)C(c1cc(Br)ccc1OCc1ccc(Cl)cc1)C(C(=O)Nc1ccccc1OCC)=C(C)N2. The van der Waals surface area contributed by atoms with Crippen molar-refractivity contribution >= 4 is 56.8 Å². The summed E-state index contributed by atoms with van der Waals surface area (Å²) in [6.45, 7) is 6.75. The second-order valence-electron chi connectivity index (χ2n) is 9.91. The normalized spacial score (nSPS) is 14.2. The second-order valence-corrected chi connectivity index (χ2v) is 12.3. The van der Waals surface area contributed by atoms with E-state index in [-0.39, 0.29) is 5.91 Å². The van der Waals surface area contributed by atoms with Crippen LogP contribution in [0.2, 0.25) is 5.02 Å². The number of benzene rings is 3. The number of amides is 1. The fraction of sp³-hybridized carbons (Fsp3) is 0.281. The van der Waals surface area contributed by atoms with Gasteiger partial charge in [-0.25, -0.2) is 4.68 Å². The Balaban J connectivity index is 1.56. The number of aromatic nitrogens is 3. The number of halogens is 2. The number of nitrogens with zero attached hydrogens (tertiary/aromatic N) is 3. The van der Waals surface area contributed by atoms with Gasteiger partial charge in [-0.2, -0.15) is 4.98 Å². The molecule has 224 valence electrons. The molecule has 0 bridgehead atoms. The lowest BCUT2D eigenvalue weighted by atomic mass is 9.94. The van der Waals surface area contributed by atoms with Gasteiger partial charge in [0.05, 0.1) is 17.9 Å². The number of fused-ring (bicyclic) bond motifs is 1. The molecule has 4 aromatic rings. The van der Waals surface area contributed by atoms with Gasteiger partial charge in [0.25, 0.3) is 5.91 Å². The number of hydrogen-bond donors (Lipinski definition) is 2. The number of anilines is 2. The van der Waals surface area contributed by atoms with Crippen LogP contribution in [0, 0.1) is 0 Å². The molecular weight excluding hydrogens is 650 g/mol. The van der Waals surface area contributed by atoms with Crippen molar-refractivity contribution in [2.24, 2.45) is 0 Å². The van der Waals surface area contributed by atoms with Gasteiger partial charge in [-0.15, -0.1) is 5.10 Å². The molecule has 2 N–H and O–H groups in total. The van der Waals surface area contributed by atoms with E-state index in [1.807, 2.05) is 80.6 Å². The van der Waals surface area contributed by atoms with Gasteiger partial charge < -0.3 is 20.1 Å². The summed E-state index contributed by atoms with van der Waals surface area (Å²) in [7, 11) is 0. The highest BCUT2D eigenvalue weighted by Crippen LogP contribution is 2.42. The zero-order chi connectivity index (χ0) is 30.3. The summed E-state index contributed by atoms with van der Waals surface area (Å²) in [5.41, 5.74) is 3.48. The summed E-state index contributed by atoms with van der Waals surface area (Å²) >= 11 is 11.3. The number of hydrogen-bond acceptors (Lipinski definition) is 7. The highest BCUT2D eigenvalue weighted by atomic mass is 79.9. The molecule has 43 heavy (non-hydrogen) atoms. The van der Waals surface area contributed by atoms with Crippen molar-refractivity contribution in [2.75, 3.05) is 23.0 Å². The number of nitrogens with one attached hydrogen (secondary N) is 2. The van der Waals surface area contributed by atoms with Crippen LogP contribution in [0.3, 0.4) is 0 Å². The smallest absolute Gasteiger partial charge is 0.255 e. The molecule has 3 aromatic carbocycles. The van der Waals surface area contributed by atoms with Gasteiger partial charge in [0.2, 0.25) is 11.1 Å². The average Bonchev–Trinajstić information content (AvgIpc) is 3.40. The van der Waals surface area contributed by atoms with Crippen LogP contribution in [0.1, 0.15) is 50.8 Å². The van der Waals surface area contributed by atoms with Gasteiger partial charge in [-0.05, 0) is 68.3 Å². The molecule has 1 aliphatic rings. The maximum atomic E-state index is 14.2. The molecule has 1 aliphatic heterocycles. The lowest BCUT2D eigenvalue weighted by molar-refractivity contribution is -0.113. The predicted octanol–water partition coefficient (Wildman–Crippen LogP) is 8.49. The first-order valence-corrected chi connectivity index (χ1v) is 16.3. The Hall–Kier alpha value is -3.47. The van der Waals surface area contributed by atoms with Crippen LogP contribution in [-0.2, 0) is 11.4 Å². The molecule has 2 heterocycles. The van der Waals surface area contributed by atoms with Crippen LogP contribution in [0.15, 0.2) is 87.6 Å². The Labute approximate surface area is 269 Å². The maximum Gasteiger partial charge on any atom is 0.255 e. The van der Waals surface area contributed by atoms with Crippen molar-refractivity contribution in [1.82, 2.24) is 14.8 Å². The van der Waals surface area contributed by atoms with E-state index in [1.165, 1.54) is 0 Å². The Morgan fingerprint density at radius 2 is 1.88 bits per heavy atom. The molecule has 8 nitrogen and oxygen atoms in total. The van der Waals surface area contributed by atoms with Crippen molar-refractivity contribution in [3.8, 4) is 11.5 Å². The summed E-state index contributed by atoms with van der Waals surface area (Å²) in [6, 6.07) is 20.1. The minimum atomic E-state index is -0.624. The minimum absolute atomic E-state index is 0.285. The molecule has 0 fully saturated rings. The average molecular weight is 683 g/mol. The molecule has 1 unspecified atom stereocenters. The van der Waals surface area contributed by atoms with E-state index in [9.17, 15) is 4.79 Å². The Morgan fingerprint density at radius 1 is 1.09 bits per heavy atom. The van der Waals surface area contributed by atoms with Crippen LogP contribution in [0.25, 0.3) is 0 Å². The van der Waals surface area contributed by atoms with E-state index >= 15 is 0 Å². The molecule has 5 rings (SSSR count). The van der Waals surface area contributed by atoms with E-state index < -0.39 is 6.04 Å². The van der Waals surface area contributed by atoms with Crippen LogP contribution in [0.5, 0.6) is 11.5 Å². The molecule has 0 aliphatic carbocycles. The van der Waals surface area contributed by atoms with Gasteiger partial charge in [0, 0.05) is 26.5 Å². The first-order chi connectivity index (χ1) is 20.9. The van der Waals surface area contributed by atoms with Crippen molar-refractivity contribution in [2.45, 2.75) is 51.4 Å². The third-order valence-electron chi connectivity index (χ3n) is 6.82. The molecule has 0 saturated heterocycles. The van der Waals surface area contributed by atoms with Crippen LogP contribution >= 0.6 is 39.3 Å².